The fourth-order valence-corrected chi connectivity index (χ4v) is 8.63. The predicted molar refractivity (Wildman–Crippen MR) is 237 cm³/mol. The summed E-state index contributed by atoms with van der Waals surface area (Å²) in [5.41, 5.74) is 12.6. The average Bonchev–Trinajstić information content (AvgIpc) is 3.62. The van der Waals surface area contributed by atoms with E-state index in [9.17, 15) is 0 Å². The number of hydrogen-bond donors (Lipinski definition) is 0. The zero-order valence-corrected chi connectivity index (χ0v) is 30.8. The molecule has 0 saturated heterocycles. The Kier molecular flexibility index (Phi) is 7.52. The van der Waals surface area contributed by atoms with Gasteiger partial charge in [-0.15, -0.1) is 0 Å². The molecule has 4 heteroatoms. The minimum Gasteiger partial charge on any atom is -0.309 e. The van der Waals surface area contributed by atoms with Gasteiger partial charge in [0, 0.05) is 34.6 Å². The van der Waals surface area contributed by atoms with Gasteiger partial charge in [-0.25, -0.2) is 9.83 Å². The highest BCUT2D eigenvalue weighted by atomic mass is 15.0. The van der Waals surface area contributed by atoms with Gasteiger partial charge in [0.2, 0.25) is 0 Å². The van der Waals surface area contributed by atoms with Crippen LogP contribution in [0.4, 0.5) is 5.69 Å². The summed E-state index contributed by atoms with van der Waals surface area (Å²) in [6.45, 7) is 7.69. The van der Waals surface area contributed by atoms with Gasteiger partial charge in [-0.3, -0.25) is 4.98 Å². The van der Waals surface area contributed by atoms with Crippen molar-refractivity contribution in [3.63, 3.8) is 0 Å². The molecule has 3 heterocycles. The summed E-state index contributed by atoms with van der Waals surface area (Å²) < 4.78 is 2.29. The van der Waals surface area contributed by atoms with Crippen LogP contribution < -0.4 is 0 Å². The van der Waals surface area contributed by atoms with Gasteiger partial charge in [-0.1, -0.05) is 109 Å². The van der Waals surface area contributed by atoms with Crippen LogP contribution in [0.5, 0.6) is 0 Å². The summed E-state index contributed by atoms with van der Waals surface area (Å²) in [6.07, 6.45) is 3.62. The second kappa shape index (κ2) is 13.2. The van der Waals surface area contributed by atoms with Crippen LogP contribution in [0.1, 0.15) is 0 Å². The fraction of sp³-hybridized carbons (Fsp3) is 0. The molecule has 0 bridgehead atoms. The molecule has 0 amide bonds. The Bertz CT molecular complexity index is 3390. The van der Waals surface area contributed by atoms with E-state index in [0.717, 1.165) is 61.1 Å². The number of nitrogens with zero attached hydrogens (tertiary/aromatic N) is 4. The van der Waals surface area contributed by atoms with E-state index in [4.69, 9.17) is 11.6 Å². The Morgan fingerprint density at radius 3 is 1.68 bits per heavy atom. The molecule has 57 heavy (non-hydrogen) atoms. The Labute approximate surface area is 329 Å². The molecule has 264 valence electrons. The first-order valence-corrected chi connectivity index (χ1v) is 19.1. The SMILES string of the molecule is [C-]#[N+]c1ccc2c(c1)c1cc(-c3ccc(-c4cc5c6ccccc6c(-c6cccc(-c7ccncc7)n6)cc5c5ccccc45)cc3)ccc1n2-c1ccccc1. The van der Waals surface area contributed by atoms with Crippen molar-refractivity contribution >= 4 is 59.8 Å². The van der Waals surface area contributed by atoms with Gasteiger partial charge < -0.3 is 4.57 Å². The largest absolute Gasteiger partial charge is 0.309 e. The van der Waals surface area contributed by atoms with Crippen molar-refractivity contribution in [3.05, 3.63) is 206 Å². The maximum Gasteiger partial charge on any atom is 0.188 e. The van der Waals surface area contributed by atoms with E-state index in [1.165, 1.54) is 43.4 Å². The number of rotatable bonds is 5. The van der Waals surface area contributed by atoms with E-state index < -0.39 is 0 Å². The zero-order chi connectivity index (χ0) is 37.9. The van der Waals surface area contributed by atoms with Crippen LogP contribution in [0.3, 0.4) is 0 Å². The normalized spacial score (nSPS) is 11.5. The van der Waals surface area contributed by atoms with Gasteiger partial charge in [-0.05, 0) is 133 Å². The Morgan fingerprint density at radius 2 is 0.965 bits per heavy atom. The minimum atomic E-state index is 0.642. The summed E-state index contributed by atoms with van der Waals surface area (Å²) in [7, 11) is 0. The van der Waals surface area contributed by atoms with Crippen molar-refractivity contribution in [1.29, 1.82) is 0 Å². The van der Waals surface area contributed by atoms with Crippen molar-refractivity contribution in [3.8, 4) is 50.5 Å². The van der Waals surface area contributed by atoms with Crippen LogP contribution in [-0.2, 0) is 0 Å². The molecule has 0 fully saturated rings. The van der Waals surface area contributed by atoms with Crippen LogP contribution in [0.2, 0.25) is 0 Å². The third-order valence-corrected chi connectivity index (χ3v) is 11.3. The minimum absolute atomic E-state index is 0.642. The van der Waals surface area contributed by atoms with Crippen molar-refractivity contribution in [1.82, 2.24) is 14.5 Å². The van der Waals surface area contributed by atoms with E-state index >= 15 is 0 Å². The van der Waals surface area contributed by atoms with E-state index in [0.29, 0.717) is 5.69 Å². The second-order valence-corrected chi connectivity index (χ2v) is 14.5. The molecule has 0 aliphatic heterocycles. The Balaban J connectivity index is 1.04. The topological polar surface area (TPSA) is 35.1 Å². The van der Waals surface area contributed by atoms with Gasteiger partial charge >= 0.3 is 0 Å². The standard InChI is InChI=1S/C53H32N4/c1-54-38-23-25-53-49(31-38)48-30-37(22-24-52(48)57(53)39-10-3-2-4-11-39)34-18-20-35(21-19-34)44-32-45-42-14-7-8-15-43(42)47(33-46(45)41-13-6-5-12-40(41)44)51-17-9-16-50(56-51)36-26-28-55-29-27-36/h2-33H. The van der Waals surface area contributed by atoms with Crippen molar-refractivity contribution in [2.45, 2.75) is 0 Å². The van der Waals surface area contributed by atoms with Gasteiger partial charge in [-0.2, -0.15) is 0 Å². The van der Waals surface area contributed by atoms with Gasteiger partial charge in [0.1, 0.15) is 0 Å². The van der Waals surface area contributed by atoms with Gasteiger partial charge in [0.05, 0.1) is 29.0 Å². The lowest BCUT2D eigenvalue weighted by molar-refractivity contribution is 1.18. The molecule has 0 aliphatic rings. The summed E-state index contributed by atoms with van der Waals surface area (Å²) in [4.78, 5) is 13.1. The highest BCUT2D eigenvalue weighted by Crippen LogP contribution is 2.43. The monoisotopic (exact) mass is 724 g/mol. The van der Waals surface area contributed by atoms with Gasteiger partial charge in [0.15, 0.2) is 5.69 Å². The first-order valence-electron chi connectivity index (χ1n) is 19.1. The highest BCUT2D eigenvalue weighted by molar-refractivity contribution is 6.23. The van der Waals surface area contributed by atoms with Crippen molar-refractivity contribution in [2.24, 2.45) is 0 Å². The van der Waals surface area contributed by atoms with Crippen molar-refractivity contribution < 1.29 is 0 Å². The molecule has 0 atom stereocenters. The van der Waals surface area contributed by atoms with E-state index in [-0.39, 0.29) is 0 Å². The summed E-state index contributed by atoms with van der Waals surface area (Å²) in [6, 6.07) is 64.5. The number of para-hydroxylation sites is 1. The third-order valence-electron chi connectivity index (χ3n) is 11.3. The average molecular weight is 725 g/mol. The highest BCUT2D eigenvalue weighted by Gasteiger charge is 2.17. The molecule has 8 aromatic carbocycles. The van der Waals surface area contributed by atoms with E-state index in [2.05, 4.69) is 166 Å². The molecule has 11 rings (SSSR count). The zero-order valence-electron chi connectivity index (χ0n) is 30.8. The molecule has 0 aliphatic carbocycles. The number of fused-ring (bicyclic) bond motifs is 8. The molecule has 0 unspecified atom stereocenters. The van der Waals surface area contributed by atoms with Crippen LogP contribution in [0.15, 0.2) is 194 Å². The fourth-order valence-electron chi connectivity index (χ4n) is 8.63. The molecule has 4 nitrogen and oxygen atoms in total. The number of aromatic nitrogens is 3. The molecular formula is C53H32N4. The maximum atomic E-state index is 7.69. The smallest absolute Gasteiger partial charge is 0.188 e. The summed E-state index contributed by atoms with van der Waals surface area (Å²) in [5.74, 6) is 0. The first-order chi connectivity index (χ1) is 28.2. The summed E-state index contributed by atoms with van der Waals surface area (Å²) in [5, 5.41) is 9.44. The van der Waals surface area contributed by atoms with Crippen LogP contribution in [-0.4, -0.2) is 14.5 Å². The van der Waals surface area contributed by atoms with Gasteiger partial charge in [0.25, 0.3) is 0 Å². The molecule has 3 aromatic heterocycles. The predicted octanol–water partition coefficient (Wildman–Crippen LogP) is 14.3. The van der Waals surface area contributed by atoms with E-state index in [1.54, 1.807) is 0 Å². The number of pyridine rings is 2. The molecule has 11 aromatic rings. The Hall–Kier alpha value is -7.87. The quantitative estimate of drug-likeness (QED) is 0.131. The molecule has 0 spiro atoms. The third kappa shape index (κ3) is 5.37. The number of hydrogen-bond acceptors (Lipinski definition) is 2. The second-order valence-electron chi connectivity index (χ2n) is 14.5. The molecule has 0 saturated carbocycles. The lowest BCUT2D eigenvalue weighted by Crippen LogP contribution is -1.92. The summed E-state index contributed by atoms with van der Waals surface area (Å²) >= 11 is 0. The Morgan fingerprint density at radius 1 is 0.386 bits per heavy atom. The van der Waals surface area contributed by atoms with Crippen LogP contribution >= 0.6 is 0 Å². The lowest BCUT2D eigenvalue weighted by atomic mass is 9.88. The lowest BCUT2D eigenvalue weighted by Gasteiger charge is -2.16. The van der Waals surface area contributed by atoms with Crippen LogP contribution in [0, 0.1) is 6.57 Å². The number of benzene rings is 8. The maximum absolute atomic E-state index is 7.69. The molecule has 0 radical (unpaired) electrons. The molecular weight excluding hydrogens is 693 g/mol. The van der Waals surface area contributed by atoms with Crippen molar-refractivity contribution in [2.75, 3.05) is 0 Å². The van der Waals surface area contributed by atoms with Crippen LogP contribution in [0.25, 0.3) is 109 Å². The first kappa shape index (κ1) is 32.6. The van der Waals surface area contributed by atoms with E-state index in [1.807, 2.05) is 42.7 Å². The molecule has 0 N–H and O–H groups in total.